The van der Waals surface area contributed by atoms with Crippen molar-refractivity contribution in [3.63, 3.8) is 0 Å². The maximum absolute atomic E-state index is 14.8. The SMILES string of the molecule is COc1ccc(C(=O)Nc2cnc3c(c(C4C5CC[C@H]4CN(C(=O)C(C)C)C5)cn3C)c2C(F)(F)F)cc1C#N. The number of aryl methyl sites for hydroxylation is 1. The third-order valence-electron chi connectivity index (χ3n) is 8.13. The molecule has 8 nitrogen and oxygen atoms in total. The first kappa shape index (κ1) is 27.5. The lowest BCUT2D eigenvalue weighted by Gasteiger charge is -2.39. The standard InChI is InChI=1S/C29H30F3N5O3/c1-15(2)28(39)37-12-17-5-6-18(13-37)23(17)20-14-36(3)26-24(20)25(29(30,31)32)21(11-34-26)35-27(38)16-7-8-22(40-4)19(9-16)10-33/h7-9,11,14-15,17-18,23H,5-6,12-13H2,1-4H3,(H,35,38)/t17-,18?,23?/m0/s1. The zero-order chi connectivity index (χ0) is 28.9. The summed E-state index contributed by atoms with van der Waals surface area (Å²) in [4.78, 5) is 31.9. The lowest BCUT2D eigenvalue weighted by atomic mass is 9.79. The highest BCUT2D eigenvalue weighted by atomic mass is 19.4. The monoisotopic (exact) mass is 553 g/mol. The van der Waals surface area contributed by atoms with Crippen molar-refractivity contribution in [1.29, 1.82) is 5.26 Å². The molecular weight excluding hydrogens is 523 g/mol. The van der Waals surface area contributed by atoms with E-state index in [-0.39, 0.29) is 57.5 Å². The van der Waals surface area contributed by atoms with Crippen molar-refractivity contribution in [2.24, 2.45) is 24.8 Å². The average molecular weight is 554 g/mol. The summed E-state index contributed by atoms with van der Waals surface area (Å²) in [5.74, 6) is -0.713. The van der Waals surface area contributed by atoms with Gasteiger partial charge in [0.2, 0.25) is 5.91 Å². The van der Waals surface area contributed by atoms with Crippen molar-refractivity contribution in [2.75, 3.05) is 25.5 Å². The van der Waals surface area contributed by atoms with Gasteiger partial charge < -0.3 is 19.5 Å². The van der Waals surface area contributed by atoms with Gasteiger partial charge >= 0.3 is 6.18 Å². The van der Waals surface area contributed by atoms with Crippen LogP contribution in [0.25, 0.3) is 11.0 Å². The van der Waals surface area contributed by atoms with Crippen LogP contribution in [0.1, 0.15) is 59.7 Å². The number of nitrogens with one attached hydrogen (secondary N) is 1. The van der Waals surface area contributed by atoms with Gasteiger partial charge in [-0.05, 0) is 54.4 Å². The molecule has 40 heavy (non-hydrogen) atoms. The Kier molecular flexibility index (Phi) is 6.98. The van der Waals surface area contributed by atoms with Gasteiger partial charge in [0, 0.05) is 43.2 Å². The molecular formula is C29H30F3N5O3. The summed E-state index contributed by atoms with van der Waals surface area (Å²) in [5.41, 5.74) is -0.575. The molecule has 2 aliphatic rings. The van der Waals surface area contributed by atoms with Crippen molar-refractivity contribution in [2.45, 2.75) is 38.8 Å². The second-order valence-electron chi connectivity index (χ2n) is 10.9. The number of ether oxygens (including phenoxy) is 1. The Bertz CT molecular complexity index is 1520. The van der Waals surface area contributed by atoms with E-state index in [1.807, 2.05) is 24.8 Å². The van der Waals surface area contributed by atoms with E-state index in [1.54, 1.807) is 17.8 Å². The molecule has 0 spiro atoms. The van der Waals surface area contributed by atoms with Crippen LogP contribution in [0.5, 0.6) is 5.75 Å². The van der Waals surface area contributed by atoms with Gasteiger partial charge in [-0.25, -0.2) is 4.98 Å². The van der Waals surface area contributed by atoms with Gasteiger partial charge in [-0.3, -0.25) is 9.59 Å². The molecule has 2 bridgehead atoms. The third kappa shape index (κ3) is 4.65. The smallest absolute Gasteiger partial charge is 0.419 e. The predicted octanol–water partition coefficient (Wildman–Crippen LogP) is 5.33. The predicted molar refractivity (Wildman–Crippen MR) is 142 cm³/mol. The van der Waals surface area contributed by atoms with Crippen LogP contribution < -0.4 is 10.1 Å². The topological polar surface area (TPSA) is 100 Å². The molecule has 1 saturated heterocycles. The number of halogens is 3. The Morgan fingerprint density at radius 1 is 1.20 bits per heavy atom. The van der Waals surface area contributed by atoms with E-state index in [1.165, 1.54) is 25.3 Å². The molecule has 0 radical (unpaired) electrons. The Labute approximate surface area is 229 Å². The molecule has 2 fully saturated rings. The third-order valence-corrected chi connectivity index (χ3v) is 8.13. The number of hydrogen-bond acceptors (Lipinski definition) is 5. The van der Waals surface area contributed by atoms with Gasteiger partial charge in [-0.1, -0.05) is 13.8 Å². The van der Waals surface area contributed by atoms with Crippen LogP contribution in [0.4, 0.5) is 18.9 Å². The summed E-state index contributed by atoms with van der Waals surface area (Å²) in [5, 5.41) is 11.7. The van der Waals surface area contributed by atoms with E-state index in [0.29, 0.717) is 18.7 Å². The van der Waals surface area contributed by atoms with E-state index in [0.717, 1.165) is 19.0 Å². The van der Waals surface area contributed by atoms with Crippen LogP contribution in [0, 0.1) is 29.1 Å². The minimum Gasteiger partial charge on any atom is -0.495 e. The molecule has 3 aromatic rings. The summed E-state index contributed by atoms with van der Waals surface area (Å²) in [6.07, 6.45) is -0.378. The number of alkyl halides is 3. The minimum absolute atomic E-state index is 0.0130. The van der Waals surface area contributed by atoms with E-state index in [2.05, 4.69) is 10.3 Å². The number of fused-ring (bicyclic) bond motifs is 3. The number of methoxy groups -OCH3 is 1. The molecule has 1 saturated carbocycles. The van der Waals surface area contributed by atoms with Crippen molar-refractivity contribution in [3.05, 3.63) is 52.8 Å². The number of likely N-dealkylation sites (tertiary alicyclic amines) is 1. The Balaban J connectivity index is 1.57. The highest BCUT2D eigenvalue weighted by molar-refractivity contribution is 6.06. The largest absolute Gasteiger partial charge is 0.495 e. The van der Waals surface area contributed by atoms with Gasteiger partial charge in [0.25, 0.3) is 5.91 Å². The van der Waals surface area contributed by atoms with Crippen molar-refractivity contribution >= 4 is 28.5 Å². The van der Waals surface area contributed by atoms with Gasteiger partial charge in [-0.2, -0.15) is 18.4 Å². The number of piperidine rings is 1. The minimum atomic E-state index is -4.79. The van der Waals surface area contributed by atoms with Crippen LogP contribution in [-0.4, -0.2) is 46.5 Å². The number of rotatable bonds is 5. The lowest BCUT2D eigenvalue weighted by molar-refractivity contribution is -0.137. The fraction of sp³-hybridized carbons (Fsp3) is 0.448. The number of nitrogens with zero attached hydrogens (tertiary/aromatic N) is 4. The zero-order valence-corrected chi connectivity index (χ0v) is 22.7. The number of carbonyl (C=O) groups is 2. The first-order valence-electron chi connectivity index (χ1n) is 13.2. The Morgan fingerprint density at radius 2 is 1.88 bits per heavy atom. The fourth-order valence-corrected chi connectivity index (χ4v) is 6.42. The number of aromatic nitrogens is 2. The quantitative estimate of drug-likeness (QED) is 0.460. The molecule has 11 heteroatoms. The van der Waals surface area contributed by atoms with Crippen LogP contribution in [0.15, 0.2) is 30.6 Å². The van der Waals surface area contributed by atoms with Gasteiger partial charge in [-0.15, -0.1) is 0 Å². The molecule has 2 unspecified atom stereocenters. The summed E-state index contributed by atoms with van der Waals surface area (Å²) in [7, 11) is 3.04. The number of carbonyl (C=O) groups excluding carboxylic acids is 2. The van der Waals surface area contributed by atoms with Gasteiger partial charge in [0.1, 0.15) is 17.5 Å². The number of hydrogen-bond donors (Lipinski definition) is 1. The molecule has 2 aromatic heterocycles. The van der Waals surface area contributed by atoms with Crippen molar-refractivity contribution < 1.29 is 27.5 Å². The van der Waals surface area contributed by atoms with Crippen molar-refractivity contribution in [1.82, 2.24) is 14.5 Å². The number of pyridine rings is 1. The average Bonchev–Trinajstić information content (AvgIpc) is 3.37. The second-order valence-corrected chi connectivity index (χ2v) is 10.9. The maximum atomic E-state index is 14.8. The van der Waals surface area contributed by atoms with Crippen molar-refractivity contribution in [3.8, 4) is 11.8 Å². The van der Waals surface area contributed by atoms with Gasteiger partial charge in [0.05, 0.1) is 30.1 Å². The summed E-state index contributed by atoms with van der Waals surface area (Å²) in [6.45, 7) is 4.73. The van der Waals surface area contributed by atoms with E-state index in [9.17, 15) is 28.0 Å². The normalized spacial score (nSPS) is 20.6. The zero-order valence-electron chi connectivity index (χ0n) is 22.7. The molecule has 5 rings (SSSR count). The first-order chi connectivity index (χ1) is 18.9. The van der Waals surface area contributed by atoms with Crippen LogP contribution in [0.2, 0.25) is 0 Å². The second kappa shape index (κ2) is 10.2. The number of benzene rings is 1. The summed E-state index contributed by atoms with van der Waals surface area (Å²) >= 11 is 0. The number of anilines is 1. The molecule has 3 heterocycles. The molecule has 1 aliphatic carbocycles. The number of amides is 2. The summed E-state index contributed by atoms with van der Waals surface area (Å²) < 4.78 is 51.0. The fourth-order valence-electron chi connectivity index (χ4n) is 6.42. The highest BCUT2D eigenvalue weighted by Crippen LogP contribution is 2.52. The van der Waals surface area contributed by atoms with Gasteiger partial charge in [0.15, 0.2) is 0 Å². The van der Waals surface area contributed by atoms with Crippen LogP contribution in [-0.2, 0) is 18.0 Å². The molecule has 1 aliphatic heterocycles. The summed E-state index contributed by atoms with van der Waals surface area (Å²) in [6, 6.07) is 5.99. The number of nitriles is 1. The lowest BCUT2D eigenvalue weighted by Crippen LogP contribution is -2.45. The molecule has 3 atom stereocenters. The van der Waals surface area contributed by atoms with Crippen LogP contribution in [0.3, 0.4) is 0 Å². The van der Waals surface area contributed by atoms with E-state index in [4.69, 9.17) is 4.74 Å². The molecule has 210 valence electrons. The highest BCUT2D eigenvalue weighted by Gasteiger charge is 2.47. The Hall–Kier alpha value is -4.07. The Morgan fingerprint density at radius 3 is 2.45 bits per heavy atom. The van der Waals surface area contributed by atoms with E-state index < -0.39 is 23.3 Å². The van der Waals surface area contributed by atoms with Crippen LogP contribution >= 0.6 is 0 Å². The van der Waals surface area contributed by atoms with E-state index >= 15 is 0 Å². The first-order valence-corrected chi connectivity index (χ1v) is 13.2. The maximum Gasteiger partial charge on any atom is 0.419 e. The molecule has 2 amide bonds. The molecule has 1 N–H and O–H groups in total. The molecule has 1 aromatic carbocycles.